The van der Waals surface area contributed by atoms with Crippen LogP contribution in [-0.4, -0.2) is 71.3 Å². The Bertz CT molecular complexity index is 1880. The van der Waals surface area contributed by atoms with E-state index in [4.69, 9.17) is 14.1 Å². The standard InChI is InChI=1S/C31H29F3N6O3/c1-39(2)14-19-13-36-31(43-19)29-37-27-24(30(38-29)40-16-7-8-17(40)12-35-11-16)28(42-3)26(34)23(25(27)33)20-10-18(41)9-15-5-4-6-21(32)22(15)20/h4-6,9-10,13,16-17,35,41H,7-8,11-12,14H2,1-3H3. The third-order valence-corrected chi connectivity index (χ3v) is 8.19. The zero-order chi connectivity index (χ0) is 30.0. The first kappa shape index (κ1) is 27.4. The van der Waals surface area contributed by atoms with Gasteiger partial charge in [0, 0.05) is 36.1 Å². The normalized spacial score (nSPS) is 18.3. The van der Waals surface area contributed by atoms with E-state index in [0.29, 0.717) is 31.2 Å². The highest BCUT2D eigenvalue weighted by Gasteiger charge is 2.40. The maximum absolute atomic E-state index is 16.9. The van der Waals surface area contributed by atoms with Crippen LogP contribution in [0, 0.1) is 17.5 Å². The molecule has 0 aliphatic carbocycles. The van der Waals surface area contributed by atoms with Crippen molar-refractivity contribution in [3.63, 3.8) is 0 Å². The van der Waals surface area contributed by atoms with Crippen LogP contribution in [0.15, 0.2) is 40.9 Å². The predicted octanol–water partition coefficient (Wildman–Crippen LogP) is 5.24. The number of rotatable bonds is 6. The van der Waals surface area contributed by atoms with Crippen LogP contribution in [0.2, 0.25) is 0 Å². The monoisotopic (exact) mass is 590 g/mol. The number of fused-ring (bicyclic) bond motifs is 4. The lowest BCUT2D eigenvalue weighted by Gasteiger charge is -2.37. The van der Waals surface area contributed by atoms with Gasteiger partial charge in [0.25, 0.3) is 5.89 Å². The van der Waals surface area contributed by atoms with Gasteiger partial charge in [-0.15, -0.1) is 0 Å². The number of methoxy groups -OCH3 is 1. The lowest BCUT2D eigenvalue weighted by atomic mass is 9.94. The molecule has 0 amide bonds. The minimum Gasteiger partial charge on any atom is -0.508 e. The van der Waals surface area contributed by atoms with Gasteiger partial charge in [-0.3, -0.25) is 0 Å². The van der Waals surface area contributed by atoms with Crippen molar-refractivity contribution in [2.24, 2.45) is 0 Å². The average Bonchev–Trinajstić information content (AvgIpc) is 3.53. The van der Waals surface area contributed by atoms with E-state index in [0.717, 1.165) is 18.9 Å². The van der Waals surface area contributed by atoms with Gasteiger partial charge in [0.15, 0.2) is 17.4 Å². The van der Waals surface area contributed by atoms with Crippen molar-refractivity contribution in [2.45, 2.75) is 31.5 Å². The third-order valence-electron chi connectivity index (χ3n) is 8.19. The summed E-state index contributed by atoms with van der Waals surface area (Å²) in [4.78, 5) is 17.7. The maximum atomic E-state index is 16.9. The molecule has 2 unspecified atom stereocenters. The number of ether oxygens (including phenoxy) is 1. The summed E-state index contributed by atoms with van der Waals surface area (Å²) in [5.41, 5.74) is -0.974. The molecule has 2 aliphatic rings. The van der Waals surface area contributed by atoms with Gasteiger partial charge in [-0.2, -0.15) is 0 Å². The number of aromatic nitrogens is 3. The average molecular weight is 591 g/mol. The van der Waals surface area contributed by atoms with E-state index in [1.807, 2.05) is 19.0 Å². The first-order chi connectivity index (χ1) is 20.7. The Morgan fingerprint density at radius 2 is 1.84 bits per heavy atom. The molecule has 2 N–H and O–H groups in total. The highest BCUT2D eigenvalue weighted by molar-refractivity contribution is 6.04. The number of aromatic hydroxyl groups is 1. The van der Waals surface area contributed by atoms with Crippen molar-refractivity contribution in [3.05, 3.63) is 59.7 Å². The SMILES string of the molecule is COc1c(F)c(-c2cc(O)cc3cccc(F)c23)c(F)c2nc(-c3ncc(CN(C)C)o3)nc(N3C4CCC3CNC4)c12. The van der Waals surface area contributed by atoms with E-state index < -0.39 is 23.0 Å². The molecular weight excluding hydrogens is 561 g/mol. The summed E-state index contributed by atoms with van der Waals surface area (Å²) in [6, 6.07) is 6.77. The molecule has 0 spiro atoms. The predicted molar refractivity (Wildman–Crippen MR) is 156 cm³/mol. The van der Waals surface area contributed by atoms with Gasteiger partial charge in [0.05, 0.1) is 30.8 Å². The molecule has 2 bridgehead atoms. The van der Waals surface area contributed by atoms with Gasteiger partial charge in [-0.1, -0.05) is 12.1 Å². The second-order valence-corrected chi connectivity index (χ2v) is 11.3. The van der Waals surface area contributed by atoms with Crippen molar-refractivity contribution >= 4 is 27.5 Å². The van der Waals surface area contributed by atoms with E-state index in [-0.39, 0.29) is 62.5 Å². The molecule has 2 aliphatic heterocycles. The smallest absolute Gasteiger partial charge is 0.265 e. The Morgan fingerprint density at radius 3 is 2.56 bits per heavy atom. The topological polar surface area (TPSA) is 99.8 Å². The molecule has 2 fully saturated rings. The number of nitrogens with zero attached hydrogens (tertiary/aromatic N) is 5. The molecule has 3 aromatic carbocycles. The lowest BCUT2D eigenvalue weighted by molar-refractivity contribution is 0.353. The Morgan fingerprint density at radius 1 is 1.07 bits per heavy atom. The number of oxazole rings is 1. The maximum Gasteiger partial charge on any atom is 0.265 e. The van der Waals surface area contributed by atoms with E-state index in [2.05, 4.69) is 20.2 Å². The van der Waals surface area contributed by atoms with Crippen LogP contribution in [0.25, 0.3) is 44.5 Å². The molecule has 9 nitrogen and oxygen atoms in total. The highest BCUT2D eigenvalue weighted by Crippen LogP contribution is 2.47. The summed E-state index contributed by atoms with van der Waals surface area (Å²) in [5.74, 6) is -2.36. The number of halogens is 3. The van der Waals surface area contributed by atoms with Gasteiger partial charge in [0.1, 0.15) is 28.7 Å². The number of benzene rings is 3. The first-order valence-corrected chi connectivity index (χ1v) is 14.0. The molecule has 2 saturated heterocycles. The Hall–Kier alpha value is -4.42. The number of piperazine rings is 1. The molecule has 12 heteroatoms. The van der Waals surface area contributed by atoms with E-state index >= 15 is 13.2 Å². The largest absolute Gasteiger partial charge is 0.508 e. The fourth-order valence-electron chi connectivity index (χ4n) is 6.45. The van der Waals surface area contributed by atoms with Gasteiger partial charge < -0.3 is 29.4 Å². The van der Waals surface area contributed by atoms with Gasteiger partial charge >= 0.3 is 0 Å². The molecule has 7 rings (SSSR count). The number of anilines is 1. The Kier molecular flexibility index (Phi) is 6.62. The Balaban J connectivity index is 1.56. The number of hydrogen-bond donors (Lipinski definition) is 2. The summed E-state index contributed by atoms with van der Waals surface area (Å²) >= 11 is 0. The molecular formula is C31H29F3N6O3. The number of phenols is 1. The third kappa shape index (κ3) is 4.43. The van der Waals surface area contributed by atoms with Crippen LogP contribution in [0.5, 0.6) is 11.5 Å². The van der Waals surface area contributed by atoms with Crippen LogP contribution in [0.4, 0.5) is 19.0 Å². The highest BCUT2D eigenvalue weighted by atomic mass is 19.1. The Labute approximate surface area is 244 Å². The second kappa shape index (κ2) is 10.4. The fraction of sp³-hybridized carbons (Fsp3) is 0.323. The van der Waals surface area contributed by atoms with Crippen molar-refractivity contribution < 1.29 is 27.4 Å². The van der Waals surface area contributed by atoms with Crippen LogP contribution in [-0.2, 0) is 6.54 Å². The van der Waals surface area contributed by atoms with E-state index in [1.54, 1.807) is 12.3 Å². The summed E-state index contributed by atoms with van der Waals surface area (Å²) in [6.07, 6.45) is 3.32. The summed E-state index contributed by atoms with van der Waals surface area (Å²) in [7, 11) is 5.06. The van der Waals surface area contributed by atoms with Gasteiger partial charge in [0.2, 0.25) is 5.82 Å². The van der Waals surface area contributed by atoms with Crippen molar-refractivity contribution in [1.82, 2.24) is 25.2 Å². The summed E-state index contributed by atoms with van der Waals surface area (Å²) < 4.78 is 60.2. The van der Waals surface area contributed by atoms with Crippen molar-refractivity contribution in [1.29, 1.82) is 0 Å². The van der Waals surface area contributed by atoms with E-state index in [9.17, 15) is 5.11 Å². The number of hydrogen-bond acceptors (Lipinski definition) is 9. The minimum atomic E-state index is -1.05. The van der Waals surface area contributed by atoms with Crippen LogP contribution in [0.3, 0.4) is 0 Å². The summed E-state index contributed by atoms with van der Waals surface area (Å²) in [6.45, 7) is 1.84. The quantitative estimate of drug-likeness (QED) is 0.275. The second-order valence-electron chi connectivity index (χ2n) is 11.3. The van der Waals surface area contributed by atoms with Crippen molar-refractivity contribution in [3.8, 4) is 34.3 Å². The fourth-order valence-corrected chi connectivity index (χ4v) is 6.45. The van der Waals surface area contributed by atoms with Gasteiger partial charge in [-0.25, -0.2) is 28.1 Å². The molecule has 43 heavy (non-hydrogen) atoms. The molecule has 222 valence electrons. The molecule has 4 heterocycles. The van der Waals surface area contributed by atoms with Crippen LogP contribution >= 0.6 is 0 Å². The molecule has 2 atom stereocenters. The summed E-state index contributed by atoms with van der Waals surface area (Å²) in [5, 5.41) is 14.2. The minimum absolute atomic E-state index is 0.0240. The van der Waals surface area contributed by atoms with E-state index in [1.165, 1.54) is 25.3 Å². The van der Waals surface area contributed by atoms with Gasteiger partial charge in [-0.05, 0) is 50.5 Å². The molecule has 0 radical (unpaired) electrons. The van der Waals surface area contributed by atoms with Crippen LogP contribution in [0.1, 0.15) is 18.6 Å². The van der Waals surface area contributed by atoms with Crippen LogP contribution < -0.4 is 15.0 Å². The van der Waals surface area contributed by atoms with Crippen molar-refractivity contribution in [2.75, 3.05) is 39.2 Å². The number of nitrogens with one attached hydrogen (secondary N) is 1. The number of phenolic OH excluding ortho intramolecular Hbond substituents is 1. The zero-order valence-corrected chi connectivity index (χ0v) is 23.8. The molecule has 2 aromatic heterocycles. The zero-order valence-electron chi connectivity index (χ0n) is 23.8. The first-order valence-electron chi connectivity index (χ1n) is 14.0. The molecule has 0 saturated carbocycles. The lowest BCUT2D eigenvalue weighted by Crippen LogP contribution is -2.52. The molecule has 5 aromatic rings.